The molecule has 3 rings (SSSR count). The fourth-order valence-electron chi connectivity index (χ4n) is 3.25. The molecule has 0 spiro atoms. The van der Waals surface area contributed by atoms with E-state index < -0.39 is 0 Å². The topological polar surface area (TPSA) is 21.1 Å². The van der Waals surface area contributed by atoms with Crippen molar-refractivity contribution in [1.82, 2.24) is 14.5 Å². The summed E-state index contributed by atoms with van der Waals surface area (Å²) in [5.74, 6) is 0. The van der Waals surface area contributed by atoms with Gasteiger partial charge in [-0.1, -0.05) is 24.3 Å². The largest absolute Gasteiger partial charge is 0.334 e. The van der Waals surface area contributed by atoms with Crippen LogP contribution in [0.2, 0.25) is 0 Å². The van der Waals surface area contributed by atoms with Gasteiger partial charge in [0.25, 0.3) is 0 Å². The summed E-state index contributed by atoms with van der Waals surface area (Å²) < 4.78 is 2.28. The van der Waals surface area contributed by atoms with Crippen LogP contribution in [-0.2, 0) is 19.5 Å². The number of nitrogens with zero attached hydrogens (tertiary/aromatic N) is 3. The van der Waals surface area contributed by atoms with Crippen LogP contribution in [0.25, 0.3) is 0 Å². The van der Waals surface area contributed by atoms with Gasteiger partial charge in [-0.15, -0.1) is 0 Å². The van der Waals surface area contributed by atoms with E-state index >= 15 is 0 Å². The smallest absolute Gasteiger partial charge is 0.0952 e. The molecule has 0 aliphatic carbocycles. The maximum Gasteiger partial charge on any atom is 0.0952 e. The Bertz CT molecular complexity index is 600. The first-order chi connectivity index (χ1) is 9.70. The zero-order valence-electron chi connectivity index (χ0n) is 12.6. The second kappa shape index (κ2) is 5.41. The van der Waals surface area contributed by atoms with Gasteiger partial charge in [0.15, 0.2) is 0 Å². The van der Waals surface area contributed by atoms with Crippen molar-refractivity contribution >= 4 is 0 Å². The van der Waals surface area contributed by atoms with Crippen LogP contribution in [-0.4, -0.2) is 21.0 Å². The van der Waals surface area contributed by atoms with E-state index in [4.69, 9.17) is 0 Å². The van der Waals surface area contributed by atoms with Gasteiger partial charge in [0.05, 0.1) is 12.0 Å². The zero-order chi connectivity index (χ0) is 14.1. The molecule has 1 atom stereocenters. The van der Waals surface area contributed by atoms with Crippen LogP contribution >= 0.6 is 0 Å². The molecule has 3 nitrogen and oxygen atoms in total. The molecule has 0 saturated heterocycles. The molecule has 0 bridgehead atoms. The summed E-state index contributed by atoms with van der Waals surface area (Å²) >= 11 is 0. The lowest BCUT2D eigenvalue weighted by Gasteiger charge is -2.33. The summed E-state index contributed by atoms with van der Waals surface area (Å²) in [4.78, 5) is 7.14. The molecule has 0 N–H and O–H groups in total. The van der Waals surface area contributed by atoms with Gasteiger partial charge in [-0.3, -0.25) is 4.90 Å². The monoisotopic (exact) mass is 269 g/mol. The summed E-state index contributed by atoms with van der Waals surface area (Å²) in [6.45, 7) is 9.81. The zero-order valence-corrected chi connectivity index (χ0v) is 12.6. The van der Waals surface area contributed by atoms with Gasteiger partial charge in [0.1, 0.15) is 0 Å². The molecule has 3 heteroatoms. The Balaban J connectivity index is 1.82. The molecule has 1 aliphatic rings. The van der Waals surface area contributed by atoms with E-state index in [1.807, 2.05) is 6.33 Å². The van der Waals surface area contributed by atoms with Crippen molar-refractivity contribution in [3.63, 3.8) is 0 Å². The van der Waals surface area contributed by atoms with E-state index in [1.165, 1.54) is 22.5 Å². The molecule has 0 fully saturated rings. The van der Waals surface area contributed by atoms with Crippen molar-refractivity contribution in [2.75, 3.05) is 6.54 Å². The van der Waals surface area contributed by atoms with Crippen LogP contribution in [0.4, 0.5) is 0 Å². The van der Waals surface area contributed by atoms with Crippen molar-refractivity contribution in [2.45, 2.75) is 46.3 Å². The first-order valence-electron chi connectivity index (χ1n) is 7.53. The summed E-state index contributed by atoms with van der Waals surface area (Å²) in [7, 11) is 0. The van der Waals surface area contributed by atoms with Crippen molar-refractivity contribution in [3.05, 3.63) is 53.1 Å². The highest BCUT2D eigenvalue weighted by Gasteiger charge is 2.25. The van der Waals surface area contributed by atoms with Crippen molar-refractivity contribution in [2.24, 2.45) is 0 Å². The molecule has 1 aliphatic heterocycles. The quantitative estimate of drug-likeness (QED) is 0.852. The number of aromatic nitrogens is 2. The lowest BCUT2D eigenvalue weighted by Crippen LogP contribution is -2.33. The van der Waals surface area contributed by atoms with E-state index in [1.54, 1.807) is 0 Å². The molecule has 106 valence electrons. The summed E-state index contributed by atoms with van der Waals surface area (Å²) in [6, 6.07) is 9.16. The highest BCUT2D eigenvalue weighted by atomic mass is 15.2. The molecular weight excluding hydrogens is 246 g/mol. The van der Waals surface area contributed by atoms with E-state index in [0.29, 0.717) is 6.04 Å². The normalized spacial score (nSPS) is 16.9. The highest BCUT2D eigenvalue weighted by molar-refractivity contribution is 5.29. The third-order valence-electron chi connectivity index (χ3n) is 4.55. The van der Waals surface area contributed by atoms with Crippen molar-refractivity contribution in [1.29, 1.82) is 0 Å². The van der Waals surface area contributed by atoms with Crippen LogP contribution < -0.4 is 0 Å². The van der Waals surface area contributed by atoms with E-state index in [9.17, 15) is 0 Å². The number of benzene rings is 1. The molecule has 0 saturated carbocycles. The molecule has 20 heavy (non-hydrogen) atoms. The standard InChI is InChI=1S/C17H23N3/c1-4-19-12-18-16-11-20(10-9-17(16)19)14(3)15-8-6-5-7-13(15)2/h5-8,12,14H,4,9-11H2,1-3H3. The molecule has 1 aromatic carbocycles. The van der Waals surface area contributed by atoms with Crippen molar-refractivity contribution in [3.8, 4) is 0 Å². The Morgan fingerprint density at radius 2 is 2.10 bits per heavy atom. The average Bonchev–Trinajstić information content (AvgIpc) is 2.89. The molecule has 1 aromatic heterocycles. The predicted molar refractivity (Wildman–Crippen MR) is 81.6 cm³/mol. The third kappa shape index (κ3) is 2.27. The molecule has 2 aromatic rings. The molecule has 0 amide bonds. The first-order valence-corrected chi connectivity index (χ1v) is 7.53. The lowest BCUT2D eigenvalue weighted by atomic mass is 9.99. The maximum absolute atomic E-state index is 4.60. The summed E-state index contributed by atoms with van der Waals surface area (Å²) in [5.41, 5.74) is 5.51. The lowest BCUT2D eigenvalue weighted by molar-refractivity contribution is 0.187. The Labute approximate surface area is 121 Å². The first kappa shape index (κ1) is 13.4. The van der Waals surface area contributed by atoms with E-state index in [2.05, 4.69) is 59.5 Å². The van der Waals surface area contributed by atoms with Gasteiger partial charge in [-0.05, 0) is 31.9 Å². The fourth-order valence-corrected chi connectivity index (χ4v) is 3.25. The van der Waals surface area contributed by atoms with Gasteiger partial charge >= 0.3 is 0 Å². The van der Waals surface area contributed by atoms with Crippen LogP contribution in [0, 0.1) is 6.92 Å². The predicted octanol–water partition coefficient (Wildman–Crippen LogP) is 3.33. The van der Waals surface area contributed by atoms with Crippen LogP contribution in [0.5, 0.6) is 0 Å². The molecule has 1 unspecified atom stereocenters. The number of imidazole rings is 1. The van der Waals surface area contributed by atoms with Gasteiger partial charge in [0.2, 0.25) is 0 Å². The number of fused-ring (bicyclic) bond motifs is 1. The average molecular weight is 269 g/mol. The summed E-state index contributed by atoms with van der Waals surface area (Å²) in [6.07, 6.45) is 3.10. The number of aryl methyl sites for hydroxylation is 2. The molecule has 0 radical (unpaired) electrons. The van der Waals surface area contributed by atoms with Crippen LogP contribution in [0.15, 0.2) is 30.6 Å². The second-order valence-electron chi connectivity index (χ2n) is 5.68. The van der Waals surface area contributed by atoms with Gasteiger partial charge in [-0.25, -0.2) is 4.98 Å². The Hall–Kier alpha value is -1.61. The van der Waals surface area contributed by atoms with Crippen molar-refractivity contribution < 1.29 is 0 Å². The number of rotatable bonds is 3. The van der Waals surface area contributed by atoms with Gasteiger partial charge < -0.3 is 4.57 Å². The minimum atomic E-state index is 0.455. The van der Waals surface area contributed by atoms with E-state index in [0.717, 1.165) is 26.1 Å². The van der Waals surface area contributed by atoms with Crippen LogP contribution in [0.3, 0.4) is 0 Å². The van der Waals surface area contributed by atoms with Gasteiger partial charge in [-0.2, -0.15) is 0 Å². The minimum absolute atomic E-state index is 0.455. The Morgan fingerprint density at radius 3 is 2.85 bits per heavy atom. The van der Waals surface area contributed by atoms with Crippen LogP contribution in [0.1, 0.15) is 42.4 Å². The number of hydrogen-bond donors (Lipinski definition) is 0. The summed E-state index contributed by atoms with van der Waals surface area (Å²) in [5, 5.41) is 0. The fraction of sp³-hybridized carbons (Fsp3) is 0.471. The highest BCUT2D eigenvalue weighted by Crippen LogP contribution is 2.28. The van der Waals surface area contributed by atoms with Gasteiger partial charge in [0, 0.05) is 37.8 Å². The Morgan fingerprint density at radius 1 is 1.30 bits per heavy atom. The molecular formula is C17H23N3. The Kier molecular flexibility index (Phi) is 3.62. The SMILES string of the molecule is CCn1cnc2c1CCN(C(C)c1ccccc1C)C2. The number of hydrogen-bond acceptors (Lipinski definition) is 2. The third-order valence-corrected chi connectivity index (χ3v) is 4.55. The molecule has 2 heterocycles. The van der Waals surface area contributed by atoms with E-state index in [-0.39, 0.29) is 0 Å². The minimum Gasteiger partial charge on any atom is -0.334 e. The second-order valence-corrected chi connectivity index (χ2v) is 5.68. The maximum atomic E-state index is 4.60.